The predicted octanol–water partition coefficient (Wildman–Crippen LogP) is 4.03. The van der Waals surface area contributed by atoms with Gasteiger partial charge in [0.05, 0.1) is 11.4 Å². The summed E-state index contributed by atoms with van der Waals surface area (Å²) in [5.74, 6) is 0. The van der Waals surface area contributed by atoms with Gasteiger partial charge in [0, 0.05) is 6.04 Å². The number of anilines is 1. The van der Waals surface area contributed by atoms with E-state index in [1.165, 1.54) is 19.3 Å². The molecule has 0 amide bonds. The van der Waals surface area contributed by atoms with E-state index in [0.717, 1.165) is 11.4 Å². The first-order valence-corrected chi connectivity index (χ1v) is 6.24. The van der Waals surface area contributed by atoms with Crippen LogP contribution in [0.4, 0.5) is 5.69 Å². The van der Waals surface area contributed by atoms with Crippen molar-refractivity contribution in [3.63, 3.8) is 0 Å². The van der Waals surface area contributed by atoms with E-state index in [0.29, 0.717) is 16.6 Å². The molecule has 16 heavy (non-hydrogen) atoms. The molecular weight excluding hydrogens is 220 g/mol. The predicted molar refractivity (Wildman–Crippen MR) is 69.0 cm³/mol. The zero-order valence-corrected chi connectivity index (χ0v) is 10.9. The van der Waals surface area contributed by atoms with Gasteiger partial charge in [-0.2, -0.15) is 0 Å². The first-order chi connectivity index (χ1) is 7.46. The third-order valence-corrected chi connectivity index (χ3v) is 3.59. The molecule has 2 nitrogen and oxygen atoms in total. The highest BCUT2D eigenvalue weighted by atomic mass is 35.5. The van der Waals surface area contributed by atoms with Gasteiger partial charge in [-0.1, -0.05) is 25.4 Å². The van der Waals surface area contributed by atoms with E-state index in [9.17, 15) is 0 Å². The smallest absolute Gasteiger partial charge is 0.129 e. The number of hydrogen-bond donors (Lipinski definition) is 1. The van der Waals surface area contributed by atoms with Gasteiger partial charge in [-0.3, -0.25) is 0 Å². The molecule has 2 rings (SSSR count). The Morgan fingerprint density at radius 3 is 2.75 bits per heavy atom. The fourth-order valence-corrected chi connectivity index (χ4v) is 2.65. The van der Waals surface area contributed by atoms with Crippen molar-refractivity contribution in [2.24, 2.45) is 5.41 Å². The molecule has 0 radical (unpaired) electrons. The van der Waals surface area contributed by atoms with Gasteiger partial charge in [0.15, 0.2) is 0 Å². The molecule has 3 heteroatoms. The van der Waals surface area contributed by atoms with Crippen LogP contribution in [0.5, 0.6) is 0 Å². The third kappa shape index (κ3) is 2.67. The van der Waals surface area contributed by atoms with Crippen molar-refractivity contribution < 1.29 is 0 Å². The number of halogens is 1. The van der Waals surface area contributed by atoms with E-state index in [2.05, 4.69) is 24.1 Å². The largest absolute Gasteiger partial charge is 0.381 e. The summed E-state index contributed by atoms with van der Waals surface area (Å²) in [4.78, 5) is 4.25. The lowest BCUT2D eigenvalue weighted by Gasteiger charge is -2.19. The van der Waals surface area contributed by atoms with Crippen molar-refractivity contribution in [2.45, 2.75) is 46.1 Å². The molecule has 1 N–H and O–H groups in total. The normalized spacial score (nSPS) is 23.4. The van der Waals surface area contributed by atoms with Crippen molar-refractivity contribution in [2.75, 3.05) is 5.32 Å². The minimum absolute atomic E-state index is 0.478. The maximum atomic E-state index is 5.84. The molecule has 1 aliphatic carbocycles. The molecule has 1 saturated carbocycles. The van der Waals surface area contributed by atoms with Gasteiger partial charge in [-0.25, -0.2) is 4.98 Å². The molecule has 1 aromatic rings. The quantitative estimate of drug-likeness (QED) is 0.787. The minimum Gasteiger partial charge on any atom is -0.381 e. The summed E-state index contributed by atoms with van der Waals surface area (Å²) >= 11 is 5.84. The minimum atomic E-state index is 0.478. The first kappa shape index (κ1) is 11.7. The van der Waals surface area contributed by atoms with E-state index in [1.807, 2.05) is 19.1 Å². The lowest BCUT2D eigenvalue weighted by Crippen LogP contribution is -2.18. The lowest BCUT2D eigenvalue weighted by atomic mass is 9.92. The first-order valence-electron chi connectivity index (χ1n) is 5.86. The molecule has 0 spiro atoms. The summed E-state index contributed by atoms with van der Waals surface area (Å²) in [7, 11) is 0. The maximum absolute atomic E-state index is 5.84. The van der Waals surface area contributed by atoms with Crippen LogP contribution in [0, 0.1) is 12.3 Å². The SMILES string of the molecule is Cc1nc(Cl)ccc1NC1CCC(C)(C)C1. The highest BCUT2D eigenvalue weighted by molar-refractivity contribution is 6.29. The van der Waals surface area contributed by atoms with Crippen LogP contribution in [-0.4, -0.2) is 11.0 Å². The molecular formula is C13H19ClN2. The van der Waals surface area contributed by atoms with Gasteiger partial charge in [-0.05, 0) is 43.7 Å². The molecule has 0 bridgehead atoms. The van der Waals surface area contributed by atoms with Crippen molar-refractivity contribution in [1.82, 2.24) is 4.98 Å². The fourth-order valence-electron chi connectivity index (χ4n) is 2.46. The van der Waals surface area contributed by atoms with E-state index < -0.39 is 0 Å². The van der Waals surface area contributed by atoms with Crippen molar-refractivity contribution in [3.05, 3.63) is 23.0 Å². The number of nitrogens with one attached hydrogen (secondary N) is 1. The summed E-state index contributed by atoms with van der Waals surface area (Å²) < 4.78 is 0. The lowest BCUT2D eigenvalue weighted by molar-refractivity contribution is 0.378. The van der Waals surface area contributed by atoms with Gasteiger partial charge < -0.3 is 5.32 Å². The highest BCUT2D eigenvalue weighted by Crippen LogP contribution is 2.38. The Hall–Kier alpha value is -0.760. The number of rotatable bonds is 2. The van der Waals surface area contributed by atoms with Crippen LogP contribution in [0.2, 0.25) is 5.15 Å². The van der Waals surface area contributed by atoms with Gasteiger partial charge in [0.2, 0.25) is 0 Å². The molecule has 1 aromatic heterocycles. The van der Waals surface area contributed by atoms with E-state index >= 15 is 0 Å². The summed E-state index contributed by atoms with van der Waals surface area (Å²) in [5, 5.41) is 4.14. The number of nitrogens with zero attached hydrogens (tertiary/aromatic N) is 1. The zero-order valence-electron chi connectivity index (χ0n) is 10.2. The Morgan fingerprint density at radius 2 is 2.19 bits per heavy atom. The van der Waals surface area contributed by atoms with Crippen LogP contribution >= 0.6 is 11.6 Å². The van der Waals surface area contributed by atoms with Crippen LogP contribution in [0.3, 0.4) is 0 Å². The monoisotopic (exact) mass is 238 g/mol. The molecule has 0 aliphatic heterocycles. The maximum Gasteiger partial charge on any atom is 0.129 e. The summed E-state index contributed by atoms with van der Waals surface area (Å²) in [6, 6.07) is 4.45. The molecule has 1 fully saturated rings. The van der Waals surface area contributed by atoms with Gasteiger partial charge in [-0.15, -0.1) is 0 Å². The summed E-state index contributed by atoms with van der Waals surface area (Å²) in [6.07, 6.45) is 3.77. The van der Waals surface area contributed by atoms with Crippen LogP contribution in [0.25, 0.3) is 0 Å². The number of aromatic nitrogens is 1. The Bertz CT molecular complexity index is 388. The molecule has 1 aliphatic rings. The number of aryl methyl sites for hydroxylation is 1. The molecule has 0 aromatic carbocycles. The second-order valence-electron chi connectivity index (χ2n) is 5.52. The van der Waals surface area contributed by atoms with Crippen molar-refractivity contribution in [1.29, 1.82) is 0 Å². The van der Waals surface area contributed by atoms with Crippen LogP contribution in [0.1, 0.15) is 38.8 Å². The van der Waals surface area contributed by atoms with Crippen LogP contribution in [0.15, 0.2) is 12.1 Å². The summed E-state index contributed by atoms with van der Waals surface area (Å²) in [5.41, 5.74) is 2.58. The second-order valence-corrected chi connectivity index (χ2v) is 5.90. The molecule has 0 saturated heterocycles. The molecule has 1 heterocycles. The molecule has 1 unspecified atom stereocenters. The highest BCUT2D eigenvalue weighted by Gasteiger charge is 2.30. The molecule has 88 valence electrons. The Morgan fingerprint density at radius 1 is 1.44 bits per heavy atom. The average molecular weight is 239 g/mol. The van der Waals surface area contributed by atoms with Gasteiger partial charge in [0.25, 0.3) is 0 Å². The van der Waals surface area contributed by atoms with E-state index in [-0.39, 0.29) is 0 Å². The Balaban J connectivity index is 2.05. The van der Waals surface area contributed by atoms with Crippen molar-refractivity contribution >= 4 is 17.3 Å². The topological polar surface area (TPSA) is 24.9 Å². The standard InChI is InChI=1S/C13H19ClN2/c1-9-11(4-5-12(14)15-9)16-10-6-7-13(2,3)8-10/h4-5,10,16H,6-8H2,1-3H3. The summed E-state index contributed by atoms with van der Waals surface area (Å²) in [6.45, 7) is 6.66. The Kier molecular flexibility index (Phi) is 3.11. The van der Waals surface area contributed by atoms with E-state index in [1.54, 1.807) is 0 Å². The van der Waals surface area contributed by atoms with Crippen LogP contribution in [-0.2, 0) is 0 Å². The average Bonchev–Trinajstić information content (AvgIpc) is 2.51. The number of pyridine rings is 1. The van der Waals surface area contributed by atoms with Gasteiger partial charge in [0.1, 0.15) is 5.15 Å². The fraction of sp³-hybridized carbons (Fsp3) is 0.615. The van der Waals surface area contributed by atoms with E-state index in [4.69, 9.17) is 11.6 Å². The third-order valence-electron chi connectivity index (χ3n) is 3.38. The number of hydrogen-bond acceptors (Lipinski definition) is 2. The van der Waals surface area contributed by atoms with Crippen molar-refractivity contribution in [3.8, 4) is 0 Å². The van der Waals surface area contributed by atoms with Gasteiger partial charge >= 0.3 is 0 Å². The Labute approximate surface area is 102 Å². The second kappa shape index (κ2) is 4.25. The molecule has 1 atom stereocenters. The zero-order chi connectivity index (χ0) is 11.8. The van der Waals surface area contributed by atoms with Crippen LogP contribution < -0.4 is 5.32 Å².